The lowest BCUT2D eigenvalue weighted by Gasteiger charge is -2.15. The standard InChI is InChI=1S/C21H24F2N8O.C2HF3O2/c1-4-13-7-19(29-20(27-13)21(3,22)23)28-16-9-18(26-12(2)32)25-11-15(16)17-8-14-10-24-5-6-31(14)30-17;3-2(4,5)1(6)7/h7-9,11,24H,4-6,10H2,1-3H3,(H2,25,26,27,28,29,32);(H,6,7). The second kappa shape index (κ2) is 11.7. The minimum Gasteiger partial charge on any atom is -0.475 e. The lowest BCUT2D eigenvalue weighted by atomic mass is 10.1. The maximum absolute atomic E-state index is 13.9. The zero-order chi connectivity index (χ0) is 29.0. The molecule has 0 aromatic carbocycles. The number of anilines is 3. The van der Waals surface area contributed by atoms with Gasteiger partial charge in [-0.15, -0.1) is 0 Å². The lowest BCUT2D eigenvalue weighted by Crippen LogP contribution is -2.28. The number of nitrogens with one attached hydrogen (secondary N) is 3. The molecule has 1 aliphatic rings. The van der Waals surface area contributed by atoms with Gasteiger partial charge in [0.2, 0.25) is 11.7 Å². The van der Waals surface area contributed by atoms with Crippen LogP contribution in [0.3, 0.4) is 0 Å². The third-order valence-electron chi connectivity index (χ3n) is 5.19. The highest BCUT2D eigenvalue weighted by Gasteiger charge is 2.38. The number of carbonyl (C=O) groups is 2. The Morgan fingerprint density at radius 2 is 1.82 bits per heavy atom. The Morgan fingerprint density at radius 1 is 1.13 bits per heavy atom. The van der Waals surface area contributed by atoms with E-state index in [0.29, 0.717) is 41.4 Å². The number of carboxylic acids is 1. The van der Waals surface area contributed by atoms with Gasteiger partial charge in [0.1, 0.15) is 11.6 Å². The zero-order valence-electron chi connectivity index (χ0n) is 21.0. The van der Waals surface area contributed by atoms with E-state index in [1.165, 1.54) is 6.92 Å². The van der Waals surface area contributed by atoms with Crippen LogP contribution in [-0.2, 0) is 35.0 Å². The predicted octanol–water partition coefficient (Wildman–Crippen LogP) is 3.85. The Balaban J connectivity index is 0.000000532. The Labute approximate surface area is 218 Å². The Hall–Kier alpha value is -4.21. The van der Waals surface area contributed by atoms with Crippen molar-refractivity contribution in [2.24, 2.45) is 0 Å². The highest BCUT2D eigenvalue weighted by atomic mass is 19.4. The average molecular weight is 556 g/mol. The fourth-order valence-electron chi connectivity index (χ4n) is 3.41. The summed E-state index contributed by atoms with van der Waals surface area (Å²) in [6.45, 7) is 6.26. The van der Waals surface area contributed by atoms with Crippen LogP contribution in [-0.4, -0.2) is 54.4 Å². The van der Waals surface area contributed by atoms with Crippen LogP contribution in [0.4, 0.5) is 39.3 Å². The van der Waals surface area contributed by atoms with Crippen molar-refractivity contribution >= 4 is 29.2 Å². The predicted molar refractivity (Wildman–Crippen MR) is 129 cm³/mol. The number of hydrogen-bond donors (Lipinski definition) is 4. The van der Waals surface area contributed by atoms with Gasteiger partial charge in [0.15, 0.2) is 0 Å². The maximum atomic E-state index is 13.9. The number of aliphatic carboxylic acids is 1. The summed E-state index contributed by atoms with van der Waals surface area (Å²) < 4.78 is 61.5. The number of aryl methyl sites for hydroxylation is 1. The molecule has 0 radical (unpaired) electrons. The van der Waals surface area contributed by atoms with Gasteiger partial charge in [-0.25, -0.2) is 19.7 Å². The van der Waals surface area contributed by atoms with Crippen molar-refractivity contribution in [2.45, 2.75) is 52.4 Å². The molecule has 11 nitrogen and oxygen atoms in total. The highest BCUT2D eigenvalue weighted by molar-refractivity contribution is 5.89. The molecule has 0 fully saturated rings. The van der Waals surface area contributed by atoms with E-state index in [4.69, 9.17) is 9.90 Å². The van der Waals surface area contributed by atoms with E-state index in [1.54, 1.807) is 18.3 Å². The fourth-order valence-corrected chi connectivity index (χ4v) is 3.41. The van der Waals surface area contributed by atoms with Gasteiger partial charge >= 0.3 is 18.1 Å². The lowest BCUT2D eigenvalue weighted by molar-refractivity contribution is -0.192. The molecule has 1 aliphatic heterocycles. The highest BCUT2D eigenvalue weighted by Crippen LogP contribution is 2.32. The molecule has 0 unspecified atom stereocenters. The van der Waals surface area contributed by atoms with E-state index in [2.05, 4.69) is 36.0 Å². The minimum absolute atomic E-state index is 0.222. The molecule has 4 N–H and O–H groups in total. The van der Waals surface area contributed by atoms with Crippen molar-refractivity contribution in [1.29, 1.82) is 0 Å². The zero-order valence-corrected chi connectivity index (χ0v) is 21.0. The van der Waals surface area contributed by atoms with E-state index in [1.807, 2.05) is 17.7 Å². The minimum atomic E-state index is -5.08. The van der Waals surface area contributed by atoms with E-state index in [-0.39, 0.29) is 11.7 Å². The van der Waals surface area contributed by atoms with Gasteiger partial charge in [0.05, 0.1) is 23.6 Å². The average Bonchev–Trinajstić information content (AvgIpc) is 3.27. The van der Waals surface area contributed by atoms with Crippen molar-refractivity contribution < 1.29 is 36.6 Å². The first kappa shape index (κ1) is 29.3. The summed E-state index contributed by atoms with van der Waals surface area (Å²) >= 11 is 0. The molecule has 0 saturated heterocycles. The van der Waals surface area contributed by atoms with Gasteiger partial charge in [0, 0.05) is 56.5 Å². The largest absolute Gasteiger partial charge is 0.490 e. The number of carboxylic acid groups (broad SMARTS) is 1. The maximum Gasteiger partial charge on any atom is 0.490 e. The molecule has 0 spiro atoms. The summed E-state index contributed by atoms with van der Waals surface area (Å²) in [4.78, 5) is 32.7. The van der Waals surface area contributed by atoms with Gasteiger partial charge in [0.25, 0.3) is 0 Å². The van der Waals surface area contributed by atoms with E-state index < -0.39 is 23.9 Å². The monoisotopic (exact) mass is 556 g/mol. The van der Waals surface area contributed by atoms with Crippen LogP contribution in [0.25, 0.3) is 11.3 Å². The van der Waals surface area contributed by atoms with Crippen molar-refractivity contribution in [1.82, 2.24) is 30.0 Å². The molecular weight excluding hydrogens is 531 g/mol. The molecule has 0 saturated carbocycles. The van der Waals surface area contributed by atoms with Crippen molar-refractivity contribution in [3.63, 3.8) is 0 Å². The number of alkyl halides is 5. The molecule has 1 amide bonds. The smallest absolute Gasteiger partial charge is 0.475 e. The third kappa shape index (κ3) is 7.89. The first-order valence-electron chi connectivity index (χ1n) is 11.6. The van der Waals surface area contributed by atoms with Crippen molar-refractivity contribution in [2.75, 3.05) is 17.2 Å². The molecular formula is C23H25F5N8O3. The number of rotatable bonds is 6. The molecule has 3 aromatic heterocycles. The van der Waals surface area contributed by atoms with Crippen LogP contribution in [0.2, 0.25) is 0 Å². The quantitative estimate of drug-likeness (QED) is 0.333. The number of carbonyl (C=O) groups excluding carboxylic acids is 1. The van der Waals surface area contributed by atoms with Gasteiger partial charge in [-0.1, -0.05) is 6.92 Å². The summed E-state index contributed by atoms with van der Waals surface area (Å²) in [5.74, 6) is -6.23. The molecule has 39 heavy (non-hydrogen) atoms. The number of fused-ring (bicyclic) bond motifs is 1. The van der Waals surface area contributed by atoms with Crippen LogP contribution < -0.4 is 16.0 Å². The molecule has 210 valence electrons. The van der Waals surface area contributed by atoms with E-state index >= 15 is 0 Å². The van der Waals surface area contributed by atoms with Gasteiger partial charge < -0.3 is 21.1 Å². The molecule has 0 aliphatic carbocycles. The number of nitrogens with zero attached hydrogens (tertiary/aromatic N) is 5. The number of pyridine rings is 1. The first-order valence-corrected chi connectivity index (χ1v) is 11.6. The number of aromatic nitrogens is 5. The molecule has 16 heteroatoms. The second-order valence-corrected chi connectivity index (χ2v) is 8.46. The molecule has 0 bridgehead atoms. The van der Waals surface area contributed by atoms with Gasteiger partial charge in [-0.05, 0) is 12.5 Å². The van der Waals surface area contributed by atoms with Crippen LogP contribution in [0.15, 0.2) is 24.4 Å². The van der Waals surface area contributed by atoms with Crippen LogP contribution in [0, 0.1) is 0 Å². The Morgan fingerprint density at radius 3 is 2.38 bits per heavy atom. The van der Waals surface area contributed by atoms with Crippen LogP contribution in [0.5, 0.6) is 0 Å². The molecule has 3 aromatic rings. The van der Waals surface area contributed by atoms with Crippen LogP contribution >= 0.6 is 0 Å². The summed E-state index contributed by atoms with van der Waals surface area (Å²) in [6.07, 6.45) is -3.02. The molecule has 4 rings (SSSR count). The summed E-state index contributed by atoms with van der Waals surface area (Å²) in [5.41, 5.74) is 3.38. The van der Waals surface area contributed by atoms with Crippen LogP contribution in [0.1, 0.15) is 38.0 Å². The topological polar surface area (TPSA) is 147 Å². The number of hydrogen-bond acceptors (Lipinski definition) is 8. The number of amides is 1. The summed E-state index contributed by atoms with van der Waals surface area (Å²) in [5, 5.41) is 20.8. The van der Waals surface area contributed by atoms with E-state index in [9.17, 15) is 26.7 Å². The fraction of sp³-hybridized carbons (Fsp3) is 0.391. The molecule has 4 heterocycles. The number of halogens is 5. The molecule has 0 atom stereocenters. The Bertz CT molecular complexity index is 1330. The normalized spacial score (nSPS) is 13.1. The SMILES string of the molecule is CCc1cc(Nc2cc(NC(C)=O)ncc2-c2cc3n(n2)CCNC3)nc(C(C)(F)F)n1.O=C(O)C(F)(F)F. The van der Waals surface area contributed by atoms with Crippen molar-refractivity contribution in [3.05, 3.63) is 41.6 Å². The second-order valence-electron chi connectivity index (χ2n) is 8.46. The van der Waals surface area contributed by atoms with Crippen molar-refractivity contribution in [3.8, 4) is 11.3 Å². The first-order chi connectivity index (χ1) is 18.2. The van der Waals surface area contributed by atoms with Gasteiger partial charge in [-0.3, -0.25) is 9.48 Å². The van der Waals surface area contributed by atoms with E-state index in [0.717, 1.165) is 25.7 Å². The van der Waals surface area contributed by atoms with Gasteiger partial charge in [-0.2, -0.15) is 27.1 Å². The third-order valence-corrected chi connectivity index (χ3v) is 5.19. The summed E-state index contributed by atoms with van der Waals surface area (Å²) in [6, 6.07) is 5.21. The summed E-state index contributed by atoms with van der Waals surface area (Å²) in [7, 11) is 0. The Kier molecular flexibility index (Phi) is 8.78.